The number of carbonyl (C=O) groups excluding carboxylic acids is 1. The minimum Gasteiger partial charge on any atom is -0.450 e. The van der Waals surface area contributed by atoms with E-state index in [2.05, 4.69) is 43.4 Å². The number of carbonyl (C=O) groups is 1. The van der Waals surface area contributed by atoms with E-state index in [0.717, 1.165) is 27.4 Å². The van der Waals surface area contributed by atoms with Gasteiger partial charge in [0, 0.05) is 22.0 Å². The lowest BCUT2D eigenvalue weighted by atomic mass is 9.92. The first-order chi connectivity index (χ1) is 13.6. The van der Waals surface area contributed by atoms with Gasteiger partial charge in [-0.15, -0.1) is 0 Å². The van der Waals surface area contributed by atoms with Crippen LogP contribution in [0.15, 0.2) is 60.7 Å². The van der Waals surface area contributed by atoms with Crippen molar-refractivity contribution in [2.75, 3.05) is 11.9 Å². The van der Waals surface area contributed by atoms with Crippen molar-refractivity contribution in [1.29, 1.82) is 0 Å². The molecule has 0 saturated heterocycles. The molecule has 0 radical (unpaired) electrons. The van der Waals surface area contributed by atoms with Gasteiger partial charge in [0.2, 0.25) is 0 Å². The second-order valence-electron chi connectivity index (χ2n) is 6.90. The van der Waals surface area contributed by atoms with Crippen LogP contribution < -0.4 is 5.32 Å². The number of fused-ring (bicyclic) bond motifs is 2. The van der Waals surface area contributed by atoms with Crippen LogP contribution in [0.3, 0.4) is 0 Å². The molecule has 0 spiro atoms. The third kappa shape index (κ3) is 3.29. The number of para-hydroxylation sites is 1. The summed E-state index contributed by atoms with van der Waals surface area (Å²) in [6.07, 6.45) is -0.455. The molecular formula is C24H22N2O2. The zero-order valence-corrected chi connectivity index (χ0v) is 16.2. The maximum atomic E-state index is 11.9. The van der Waals surface area contributed by atoms with Gasteiger partial charge in [0.1, 0.15) is 0 Å². The number of amides is 1. The number of pyridine rings is 1. The number of benzene rings is 3. The first-order valence-electron chi connectivity index (χ1n) is 9.40. The molecular weight excluding hydrogens is 348 g/mol. The summed E-state index contributed by atoms with van der Waals surface area (Å²) in [5, 5.41) is 4.89. The van der Waals surface area contributed by atoms with Gasteiger partial charge in [0.05, 0.1) is 17.6 Å². The first kappa shape index (κ1) is 18.0. The number of hydrogen-bond acceptors (Lipinski definition) is 3. The summed E-state index contributed by atoms with van der Waals surface area (Å²) in [4.78, 5) is 16.7. The van der Waals surface area contributed by atoms with E-state index in [1.54, 1.807) is 6.92 Å². The van der Waals surface area contributed by atoms with Crippen LogP contribution in [0.25, 0.3) is 32.9 Å². The Morgan fingerprint density at radius 3 is 2.57 bits per heavy atom. The highest BCUT2D eigenvalue weighted by atomic mass is 16.5. The molecule has 0 fully saturated rings. The highest BCUT2D eigenvalue weighted by molar-refractivity contribution is 6.11. The summed E-state index contributed by atoms with van der Waals surface area (Å²) in [5.74, 6) is 0. The Morgan fingerprint density at radius 2 is 1.75 bits per heavy atom. The van der Waals surface area contributed by atoms with Crippen LogP contribution in [0.1, 0.15) is 18.1 Å². The molecule has 0 aliphatic carbocycles. The maximum absolute atomic E-state index is 11.9. The molecule has 0 aliphatic heterocycles. The molecule has 4 nitrogen and oxygen atoms in total. The summed E-state index contributed by atoms with van der Waals surface area (Å²) in [7, 11) is 0. The van der Waals surface area contributed by atoms with E-state index in [4.69, 9.17) is 9.72 Å². The Kier molecular flexibility index (Phi) is 4.70. The molecule has 0 atom stereocenters. The van der Waals surface area contributed by atoms with Gasteiger partial charge in [-0.1, -0.05) is 42.0 Å². The third-order valence-corrected chi connectivity index (χ3v) is 4.86. The van der Waals surface area contributed by atoms with E-state index < -0.39 is 6.09 Å². The summed E-state index contributed by atoms with van der Waals surface area (Å²) in [6, 6.07) is 20.4. The maximum Gasteiger partial charge on any atom is 0.411 e. The van der Waals surface area contributed by atoms with Crippen LogP contribution in [-0.4, -0.2) is 17.7 Å². The quantitative estimate of drug-likeness (QED) is 0.434. The number of aryl methyl sites for hydroxylation is 2. The molecule has 0 bridgehead atoms. The SMILES string of the molecule is CCOC(=O)Nc1ccc2nc3ccccc3c(-c3cc(C)ccc3C)c2c1. The largest absolute Gasteiger partial charge is 0.450 e. The molecule has 4 heteroatoms. The lowest BCUT2D eigenvalue weighted by Gasteiger charge is -2.15. The third-order valence-electron chi connectivity index (χ3n) is 4.86. The van der Waals surface area contributed by atoms with Crippen molar-refractivity contribution in [3.05, 3.63) is 71.8 Å². The molecule has 0 aliphatic rings. The Balaban J connectivity index is 2.02. The van der Waals surface area contributed by atoms with Crippen LogP contribution >= 0.6 is 0 Å². The summed E-state index contributed by atoms with van der Waals surface area (Å²) in [5.41, 5.74) is 7.25. The van der Waals surface area contributed by atoms with Crippen molar-refractivity contribution in [3.63, 3.8) is 0 Å². The summed E-state index contributed by atoms with van der Waals surface area (Å²) in [6.45, 7) is 6.34. The van der Waals surface area contributed by atoms with E-state index in [1.165, 1.54) is 16.7 Å². The van der Waals surface area contributed by atoms with Gasteiger partial charge in [0.15, 0.2) is 0 Å². The minimum absolute atomic E-state index is 0.333. The number of nitrogens with one attached hydrogen (secondary N) is 1. The van der Waals surface area contributed by atoms with Gasteiger partial charge >= 0.3 is 6.09 Å². The Bertz CT molecular complexity index is 1200. The van der Waals surface area contributed by atoms with Crippen molar-refractivity contribution in [1.82, 2.24) is 4.98 Å². The van der Waals surface area contributed by atoms with Crippen LogP contribution in [0.4, 0.5) is 10.5 Å². The van der Waals surface area contributed by atoms with Crippen molar-refractivity contribution < 1.29 is 9.53 Å². The fourth-order valence-electron chi connectivity index (χ4n) is 3.55. The predicted molar refractivity (Wildman–Crippen MR) is 115 cm³/mol. The Labute approximate surface area is 164 Å². The van der Waals surface area contributed by atoms with Gasteiger partial charge in [0.25, 0.3) is 0 Å². The highest BCUT2D eigenvalue weighted by Gasteiger charge is 2.14. The van der Waals surface area contributed by atoms with Crippen LogP contribution in [0, 0.1) is 13.8 Å². The van der Waals surface area contributed by atoms with Crippen LogP contribution in [0.2, 0.25) is 0 Å². The summed E-state index contributed by atoms with van der Waals surface area (Å²) < 4.78 is 5.01. The lowest BCUT2D eigenvalue weighted by Crippen LogP contribution is -2.13. The fourth-order valence-corrected chi connectivity index (χ4v) is 3.55. The molecule has 1 heterocycles. The van der Waals surface area contributed by atoms with Gasteiger partial charge in [-0.2, -0.15) is 0 Å². The van der Waals surface area contributed by atoms with Gasteiger partial charge in [-0.3, -0.25) is 5.32 Å². The number of aromatic nitrogens is 1. The summed E-state index contributed by atoms with van der Waals surface area (Å²) >= 11 is 0. The van der Waals surface area contributed by atoms with E-state index in [9.17, 15) is 4.79 Å². The van der Waals surface area contributed by atoms with E-state index >= 15 is 0 Å². The number of rotatable bonds is 3. The first-order valence-corrected chi connectivity index (χ1v) is 9.40. The van der Waals surface area contributed by atoms with E-state index in [0.29, 0.717) is 12.3 Å². The van der Waals surface area contributed by atoms with Gasteiger partial charge in [-0.05, 0) is 56.2 Å². The Morgan fingerprint density at radius 1 is 0.964 bits per heavy atom. The number of hydrogen-bond donors (Lipinski definition) is 1. The average Bonchev–Trinajstić information content (AvgIpc) is 2.68. The number of nitrogens with zero attached hydrogens (tertiary/aromatic N) is 1. The molecule has 4 aromatic rings. The minimum atomic E-state index is -0.455. The zero-order chi connectivity index (χ0) is 19.7. The molecule has 3 aromatic carbocycles. The van der Waals surface area contributed by atoms with Crippen molar-refractivity contribution in [2.24, 2.45) is 0 Å². The number of ether oxygens (including phenoxy) is 1. The topological polar surface area (TPSA) is 51.2 Å². The lowest BCUT2D eigenvalue weighted by molar-refractivity contribution is 0.168. The molecule has 1 amide bonds. The zero-order valence-electron chi connectivity index (χ0n) is 16.2. The van der Waals surface area contributed by atoms with Crippen molar-refractivity contribution >= 4 is 33.6 Å². The standard InChI is InChI=1S/C24H22N2O2/c1-4-28-24(27)25-17-11-12-22-20(14-17)23(18-7-5-6-8-21(18)26-22)19-13-15(2)9-10-16(19)3/h5-14H,4H2,1-3H3,(H,25,27). The normalized spacial score (nSPS) is 11.0. The molecule has 4 rings (SSSR count). The van der Waals surface area contributed by atoms with Crippen LogP contribution in [-0.2, 0) is 4.74 Å². The van der Waals surface area contributed by atoms with Crippen LogP contribution in [0.5, 0.6) is 0 Å². The molecule has 0 unspecified atom stereocenters. The molecule has 0 saturated carbocycles. The van der Waals surface area contributed by atoms with Gasteiger partial charge < -0.3 is 4.74 Å². The van der Waals surface area contributed by atoms with E-state index in [-0.39, 0.29) is 0 Å². The molecule has 1 aromatic heterocycles. The second-order valence-corrected chi connectivity index (χ2v) is 6.90. The molecule has 1 N–H and O–H groups in total. The number of anilines is 1. The smallest absolute Gasteiger partial charge is 0.411 e. The molecule has 140 valence electrons. The van der Waals surface area contributed by atoms with Crippen molar-refractivity contribution in [2.45, 2.75) is 20.8 Å². The molecule has 28 heavy (non-hydrogen) atoms. The fraction of sp³-hybridized carbons (Fsp3) is 0.167. The monoisotopic (exact) mass is 370 g/mol. The highest BCUT2D eigenvalue weighted by Crippen LogP contribution is 2.37. The van der Waals surface area contributed by atoms with E-state index in [1.807, 2.05) is 36.4 Å². The van der Waals surface area contributed by atoms with Crippen molar-refractivity contribution in [3.8, 4) is 11.1 Å². The van der Waals surface area contributed by atoms with Gasteiger partial charge in [-0.25, -0.2) is 9.78 Å². The Hall–Kier alpha value is -3.40. The predicted octanol–water partition coefficient (Wildman–Crippen LogP) is 6.24. The average molecular weight is 370 g/mol. The second kappa shape index (κ2) is 7.31.